The molecule has 34 heavy (non-hydrogen) atoms. The first-order valence-electron chi connectivity index (χ1n) is 11.8. The number of benzene rings is 2. The fourth-order valence-corrected chi connectivity index (χ4v) is 4.52. The van der Waals surface area contributed by atoms with Crippen LogP contribution in [0.3, 0.4) is 0 Å². The molecule has 2 aromatic rings. The van der Waals surface area contributed by atoms with E-state index in [9.17, 15) is 14.0 Å². The third-order valence-electron chi connectivity index (χ3n) is 6.20. The van der Waals surface area contributed by atoms with Crippen LogP contribution in [0.2, 0.25) is 0 Å². The van der Waals surface area contributed by atoms with Gasteiger partial charge in [-0.15, -0.1) is 0 Å². The number of ether oxygens (including phenoxy) is 1. The zero-order chi connectivity index (χ0) is 23.9. The molecular formula is C26H31FN4O3. The first kappa shape index (κ1) is 23.9. The summed E-state index contributed by atoms with van der Waals surface area (Å²) >= 11 is 0. The van der Waals surface area contributed by atoms with Gasteiger partial charge in [-0.25, -0.2) is 14.0 Å². The predicted octanol–water partition coefficient (Wildman–Crippen LogP) is 3.20. The fraction of sp³-hybridized carbons (Fsp3) is 0.385. The lowest BCUT2D eigenvalue weighted by molar-refractivity contribution is -0.139. The number of carbonyl (C=O) groups excluding carboxylic acids is 2. The van der Waals surface area contributed by atoms with E-state index in [1.807, 2.05) is 42.5 Å². The lowest BCUT2D eigenvalue weighted by Crippen LogP contribution is -2.48. The van der Waals surface area contributed by atoms with Crippen LogP contribution in [0.4, 0.5) is 9.18 Å². The summed E-state index contributed by atoms with van der Waals surface area (Å²) in [6.45, 7) is 6.19. The van der Waals surface area contributed by atoms with Crippen LogP contribution in [-0.4, -0.2) is 61.1 Å². The van der Waals surface area contributed by atoms with Gasteiger partial charge in [0.15, 0.2) is 0 Å². The first-order valence-corrected chi connectivity index (χ1v) is 11.8. The largest absolute Gasteiger partial charge is 0.463 e. The van der Waals surface area contributed by atoms with Gasteiger partial charge < -0.3 is 15.4 Å². The minimum Gasteiger partial charge on any atom is -0.463 e. The van der Waals surface area contributed by atoms with Gasteiger partial charge in [-0.3, -0.25) is 9.80 Å². The minimum atomic E-state index is -0.575. The van der Waals surface area contributed by atoms with Gasteiger partial charge in [-0.05, 0) is 38.1 Å². The summed E-state index contributed by atoms with van der Waals surface area (Å²) in [6.07, 6.45) is 0.908. The van der Waals surface area contributed by atoms with Crippen LogP contribution in [0.1, 0.15) is 30.5 Å². The second-order valence-corrected chi connectivity index (χ2v) is 8.55. The molecule has 1 saturated heterocycles. The summed E-state index contributed by atoms with van der Waals surface area (Å²) in [5.74, 6) is -0.618. The zero-order valence-corrected chi connectivity index (χ0v) is 19.4. The molecule has 0 spiro atoms. The normalized spacial score (nSPS) is 19.8. The smallest absolute Gasteiger partial charge is 0.338 e. The Morgan fingerprint density at radius 1 is 1.00 bits per heavy atom. The van der Waals surface area contributed by atoms with Crippen LogP contribution < -0.4 is 10.6 Å². The summed E-state index contributed by atoms with van der Waals surface area (Å²) in [4.78, 5) is 29.9. The minimum absolute atomic E-state index is 0.183. The average Bonchev–Trinajstić information content (AvgIpc) is 3.06. The maximum atomic E-state index is 14.1. The van der Waals surface area contributed by atoms with Crippen LogP contribution in [0.15, 0.2) is 65.9 Å². The van der Waals surface area contributed by atoms with Crippen LogP contribution in [0, 0.1) is 5.82 Å². The molecule has 2 heterocycles. The first-order chi connectivity index (χ1) is 16.5. The quantitative estimate of drug-likeness (QED) is 0.613. The monoisotopic (exact) mass is 466 g/mol. The molecule has 180 valence electrons. The molecule has 1 fully saturated rings. The molecule has 0 saturated carbocycles. The van der Waals surface area contributed by atoms with Crippen LogP contribution in [-0.2, 0) is 16.1 Å². The van der Waals surface area contributed by atoms with Crippen molar-refractivity contribution in [1.82, 2.24) is 20.4 Å². The molecule has 2 aromatic carbocycles. The Morgan fingerprint density at radius 3 is 2.38 bits per heavy atom. The number of esters is 1. The maximum Gasteiger partial charge on any atom is 0.338 e. The third kappa shape index (κ3) is 5.81. The molecule has 0 aromatic heterocycles. The fourth-order valence-electron chi connectivity index (χ4n) is 4.52. The Labute approximate surface area is 199 Å². The summed E-state index contributed by atoms with van der Waals surface area (Å²) in [7, 11) is 0. The number of urea groups is 1. The standard InChI is InChI=1S/C26H31FN4O3/c1-2-34-25(32)23-22(28-26(33)29-24(23)19-9-4-3-5-10-19)18-31-14-8-13-30(15-16-31)17-20-11-6-7-12-21(20)27/h3-7,9-12,24H,2,8,13-18H2,1H3,(H2,28,29,33). The van der Waals surface area contributed by atoms with Gasteiger partial charge in [-0.2, -0.15) is 0 Å². The second-order valence-electron chi connectivity index (χ2n) is 8.55. The number of amides is 2. The topological polar surface area (TPSA) is 73.9 Å². The molecule has 7 nitrogen and oxygen atoms in total. The van der Waals surface area contributed by atoms with E-state index in [4.69, 9.17) is 4.74 Å². The number of nitrogens with one attached hydrogen (secondary N) is 2. The molecule has 1 atom stereocenters. The molecule has 0 radical (unpaired) electrons. The molecule has 2 aliphatic heterocycles. The van der Waals surface area contributed by atoms with Crippen molar-refractivity contribution < 1.29 is 18.7 Å². The van der Waals surface area contributed by atoms with E-state index in [2.05, 4.69) is 20.4 Å². The van der Waals surface area contributed by atoms with Crippen molar-refractivity contribution in [3.63, 3.8) is 0 Å². The summed E-state index contributed by atoms with van der Waals surface area (Å²) in [6, 6.07) is 15.4. The lowest BCUT2D eigenvalue weighted by Gasteiger charge is -2.32. The maximum absolute atomic E-state index is 14.1. The van der Waals surface area contributed by atoms with E-state index in [0.717, 1.165) is 38.2 Å². The van der Waals surface area contributed by atoms with E-state index < -0.39 is 12.0 Å². The highest BCUT2D eigenvalue weighted by atomic mass is 19.1. The molecule has 1 unspecified atom stereocenters. The molecule has 2 N–H and O–H groups in total. The van der Waals surface area contributed by atoms with Gasteiger partial charge in [0.25, 0.3) is 0 Å². The van der Waals surface area contributed by atoms with Crippen LogP contribution in [0.25, 0.3) is 0 Å². The van der Waals surface area contributed by atoms with Crippen molar-refractivity contribution in [1.29, 1.82) is 0 Å². The Bertz CT molecular complexity index is 1040. The van der Waals surface area contributed by atoms with Crippen molar-refractivity contribution in [3.8, 4) is 0 Å². The molecule has 4 rings (SSSR count). The number of rotatable bonds is 7. The van der Waals surface area contributed by atoms with E-state index in [-0.39, 0.29) is 18.5 Å². The average molecular weight is 467 g/mol. The van der Waals surface area contributed by atoms with Gasteiger partial charge in [0.05, 0.1) is 18.2 Å². The highest BCUT2D eigenvalue weighted by molar-refractivity contribution is 5.95. The summed E-state index contributed by atoms with van der Waals surface area (Å²) < 4.78 is 19.5. The van der Waals surface area contributed by atoms with Crippen LogP contribution >= 0.6 is 0 Å². The Morgan fingerprint density at radius 2 is 1.68 bits per heavy atom. The summed E-state index contributed by atoms with van der Waals surface area (Å²) in [5, 5.41) is 5.73. The molecule has 8 heteroatoms. The predicted molar refractivity (Wildman–Crippen MR) is 127 cm³/mol. The van der Waals surface area contributed by atoms with Crippen molar-refractivity contribution in [3.05, 3.63) is 82.8 Å². The number of hydrogen-bond acceptors (Lipinski definition) is 5. The molecule has 0 bridgehead atoms. The van der Waals surface area contributed by atoms with Crippen molar-refractivity contribution in [2.45, 2.75) is 25.9 Å². The Balaban J connectivity index is 1.52. The van der Waals surface area contributed by atoms with Gasteiger partial charge in [0.2, 0.25) is 0 Å². The molecule has 2 amide bonds. The SMILES string of the molecule is CCOC(=O)C1=C(CN2CCCN(Cc3ccccc3F)CC2)NC(=O)NC1c1ccccc1. The van der Waals surface area contributed by atoms with E-state index in [1.54, 1.807) is 13.0 Å². The van der Waals surface area contributed by atoms with Gasteiger partial charge in [0, 0.05) is 37.4 Å². The van der Waals surface area contributed by atoms with E-state index in [1.165, 1.54) is 6.07 Å². The Hall–Kier alpha value is -3.23. The van der Waals surface area contributed by atoms with Crippen LogP contribution in [0.5, 0.6) is 0 Å². The van der Waals surface area contributed by atoms with Gasteiger partial charge in [-0.1, -0.05) is 48.5 Å². The third-order valence-corrected chi connectivity index (χ3v) is 6.20. The molecule has 2 aliphatic rings. The molecule has 0 aliphatic carbocycles. The Kier molecular flexibility index (Phi) is 7.92. The zero-order valence-electron chi connectivity index (χ0n) is 19.4. The number of carbonyl (C=O) groups is 2. The molecular weight excluding hydrogens is 435 g/mol. The number of halogens is 1. The van der Waals surface area contributed by atoms with E-state index >= 15 is 0 Å². The van der Waals surface area contributed by atoms with Crippen molar-refractivity contribution >= 4 is 12.0 Å². The van der Waals surface area contributed by atoms with E-state index in [0.29, 0.717) is 29.9 Å². The highest BCUT2D eigenvalue weighted by Gasteiger charge is 2.34. The highest BCUT2D eigenvalue weighted by Crippen LogP contribution is 2.28. The van der Waals surface area contributed by atoms with Gasteiger partial charge in [0.1, 0.15) is 5.82 Å². The number of hydrogen-bond donors (Lipinski definition) is 2. The van der Waals surface area contributed by atoms with Gasteiger partial charge >= 0.3 is 12.0 Å². The van der Waals surface area contributed by atoms with Crippen molar-refractivity contribution in [2.24, 2.45) is 0 Å². The lowest BCUT2D eigenvalue weighted by atomic mass is 9.95. The second kappa shape index (κ2) is 11.3. The number of nitrogens with zero attached hydrogens (tertiary/aromatic N) is 2. The summed E-state index contributed by atoms with van der Waals surface area (Å²) in [5.41, 5.74) is 2.52. The van der Waals surface area contributed by atoms with Crippen molar-refractivity contribution in [2.75, 3.05) is 39.3 Å².